The van der Waals surface area contributed by atoms with Crippen molar-refractivity contribution in [3.63, 3.8) is 0 Å². The van der Waals surface area contributed by atoms with E-state index < -0.39 is 24.2 Å². The first-order chi connectivity index (χ1) is 9.80. The first-order valence-electron chi connectivity index (χ1n) is 6.59. The molecule has 1 aliphatic heterocycles. The SMILES string of the molecule is CC1C(Oc2ccccc2I)CCCN1C(=O)C(F)(F)F. The Morgan fingerprint density at radius 3 is 2.67 bits per heavy atom. The highest BCUT2D eigenvalue weighted by Gasteiger charge is 2.46. The Kier molecular flexibility index (Phi) is 5.00. The molecule has 2 atom stereocenters. The molecule has 116 valence electrons. The summed E-state index contributed by atoms with van der Waals surface area (Å²) in [7, 11) is 0. The van der Waals surface area contributed by atoms with Crippen LogP contribution in [0, 0.1) is 3.57 Å². The van der Waals surface area contributed by atoms with E-state index in [0.29, 0.717) is 18.6 Å². The van der Waals surface area contributed by atoms with Gasteiger partial charge in [-0.3, -0.25) is 4.79 Å². The zero-order valence-electron chi connectivity index (χ0n) is 11.4. The number of likely N-dealkylation sites (tertiary alicyclic amines) is 1. The van der Waals surface area contributed by atoms with Crippen LogP contribution < -0.4 is 4.74 Å². The lowest BCUT2D eigenvalue weighted by atomic mass is 10.00. The number of rotatable bonds is 2. The smallest absolute Gasteiger partial charge is 0.471 e. The van der Waals surface area contributed by atoms with Crippen molar-refractivity contribution < 1.29 is 22.7 Å². The molecule has 0 saturated carbocycles. The first kappa shape index (κ1) is 16.4. The van der Waals surface area contributed by atoms with Crippen molar-refractivity contribution in [2.45, 2.75) is 38.1 Å². The van der Waals surface area contributed by atoms with Crippen LogP contribution in [0.1, 0.15) is 19.8 Å². The van der Waals surface area contributed by atoms with Gasteiger partial charge in [0.2, 0.25) is 0 Å². The zero-order valence-corrected chi connectivity index (χ0v) is 13.5. The summed E-state index contributed by atoms with van der Waals surface area (Å²) in [5.41, 5.74) is 0. The summed E-state index contributed by atoms with van der Waals surface area (Å²) in [4.78, 5) is 12.3. The van der Waals surface area contributed by atoms with Crippen molar-refractivity contribution in [3.05, 3.63) is 27.8 Å². The molecule has 2 rings (SSSR count). The van der Waals surface area contributed by atoms with Gasteiger partial charge in [-0.05, 0) is 54.5 Å². The van der Waals surface area contributed by atoms with Crippen LogP contribution in [0.3, 0.4) is 0 Å². The van der Waals surface area contributed by atoms with Crippen LogP contribution in [0.15, 0.2) is 24.3 Å². The van der Waals surface area contributed by atoms with E-state index in [0.717, 1.165) is 8.47 Å². The summed E-state index contributed by atoms with van der Waals surface area (Å²) in [5, 5.41) is 0. The molecule has 0 radical (unpaired) electrons. The second kappa shape index (κ2) is 6.41. The summed E-state index contributed by atoms with van der Waals surface area (Å²) in [6, 6.07) is 6.70. The number of piperidine rings is 1. The fourth-order valence-electron chi connectivity index (χ4n) is 2.42. The minimum Gasteiger partial charge on any atom is -0.487 e. The van der Waals surface area contributed by atoms with Gasteiger partial charge in [0.15, 0.2) is 0 Å². The van der Waals surface area contributed by atoms with Gasteiger partial charge in [-0.1, -0.05) is 12.1 Å². The minimum absolute atomic E-state index is 0.116. The minimum atomic E-state index is -4.84. The van der Waals surface area contributed by atoms with Crippen LogP contribution in [-0.4, -0.2) is 35.7 Å². The van der Waals surface area contributed by atoms with Crippen LogP contribution in [0.2, 0.25) is 0 Å². The zero-order chi connectivity index (χ0) is 15.6. The number of hydrogen-bond acceptors (Lipinski definition) is 2. The van der Waals surface area contributed by atoms with Gasteiger partial charge in [-0.25, -0.2) is 0 Å². The molecule has 1 aliphatic rings. The van der Waals surface area contributed by atoms with Crippen LogP contribution in [0.5, 0.6) is 5.75 Å². The van der Waals surface area contributed by atoms with Gasteiger partial charge >= 0.3 is 12.1 Å². The highest BCUT2D eigenvalue weighted by Crippen LogP contribution is 2.29. The van der Waals surface area contributed by atoms with Gasteiger partial charge in [0, 0.05) is 6.54 Å². The maximum absolute atomic E-state index is 12.6. The van der Waals surface area contributed by atoms with Crippen LogP contribution >= 0.6 is 22.6 Å². The lowest BCUT2D eigenvalue weighted by Gasteiger charge is -2.39. The maximum Gasteiger partial charge on any atom is 0.471 e. The number of amides is 1. The van der Waals surface area contributed by atoms with E-state index in [-0.39, 0.29) is 6.54 Å². The highest BCUT2D eigenvalue weighted by molar-refractivity contribution is 14.1. The molecule has 0 bridgehead atoms. The normalized spacial score (nSPS) is 23.0. The molecule has 2 unspecified atom stereocenters. The predicted octanol–water partition coefficient (Wildman–Crippen LogP) is 3.61. The Hall–Kier alpha value is -0.990. The van der Waals surface area contributed by atoms with Gasteiger partial charge in [-0.2, -0.15) is 13.2 Å². The van der Waals surface area contributed by atoms with Gasteiger partial charge in [0.1, 0.15) is 11.9 Å². The third kappa shape index (κ3) is 3.81. The molecule has 21 heavy (non-hydrogen) atoms. The molecule has 0 aliphatic carbocycles. The molecular formula is C14H15F3INO2. The lowest BCUT2D eigenvalue weighted by molar-refractivity contribution is -0.190. The molecule has 1 aromatic carbocycles. The number of alkyl halides is 3. The van der Waals surface area contributed by atoms with Crippen molar-refractivity contribution in [2.75, 3.05) is 6.54 Å². The highest BCUT2D eigenvalue weighted by atomic mass is 127. The number of halogens is 4. The van der Waals surface area contributed by atoms with E-state index in [1.807, 2.05) is 18.2 Å². The molecule has 0 N–H and O–H groups in total. The van der Waals surface area contributed by atoms with E-state index in [1.165, 1.54) is 0 Å². The molecule has 0 spiro atoms. The van der Waals surface area contributed by atoms with Crippen molar-refractivity contribution in [1.82, 2.24) is 4.90 Å². The average molecular weight is 413 g/mol. The van der Waals surface area contributed by atoms with Gasteiger partial charge in [0.25, 0.3) is 0 Å². The Balaban J connectivity index is 2.12. The largest absolute Gasteiger partial charge is 0.487 e. The van der Waals surface area contributed by atoms with Gasteiger partial charge in [0.05, 0.1) is 9.61 Å². The van der Waals surface area contributed by atoms with E-state index >= 15 is 0 Å². The molecule has 1 saturated heterocycles. The fourth-order valence-corrected chi connectivity index (χ4v) is 2.93. The average Bonchev–Trinajstić information content (AvgIpc) is 2.42. The van der Waals surface area contributed by atoms with Crippen LogP contribution in [0.4, 0.5) is 13.2 Å². The molecule has 1 fully saturated rings. The van der Waals surface area contributed by atoms with Crippen molar-refractivity contribution >= 4 is 28.5 Å². The second-order valence-corrected chi connectivity index (χ2v) is 6.13. The predicted molar refractivity (Wildman–Crippen MR) is 80.0 cm³/mol. The van der Waals surface area contributed by atoms with E-state index in [1.54, 1.807) is 13.0 Å². The Morgan fingerprint density at radius 2 is 2.05 bits per heavy atom. The summed E-state index contributed by atoms with van der Waals surface area (Å²) >= 11 is 2.11. The summed E-state index contributed by atoms with van der Waals surface area (Å²) in [6.45, 7) is 1.72. The van der Waals surface area contributed by atoms with Gasteiger partial charge < -0.3 is 9.64 Å². The number of benzene rings is 1. The maximum atomic E-state index is 12.6. The monoisotopic (exact) mass is 413 g/mol. The number of hydrogen-bond donors (Lipinski definition) is 0. The molecule has 0 aromatic heterocycles. The lowest BCUT2D eigenvalue weighted by Crippen LogP contribution is -2.55. The summed E-state index contributed by atoms with van der Waals surface area (Å²) in [6.07, 6.45) is -4.13. The van der Waals surface area contributed by atoms with E-state index in [9.17, 15) is 18.0 Å². The third-order valence-corrected chi connectivity index (χ3v) is 4.43. The Bertz CT molecular complexity index is 521. The topological polar surface area (TPSA) is 29.5 Å². The van der Waals surface area contributed by atoms with Crippen LogP contribution in [-0.2, 0) is 4.79 Å². The van der Waals surface area contributed by atoms with Gasteiger partial charge in [-0.15, -0.1) is 0 Å². The quantitative estimate of drug-likeness (QED) is 0.694. The van der Waals surface area contributed by atoms with Crippen LogP contribution in [0.25, 0.3) is 0 Å². The summed E-state index contributed by atoms with van der Waals surface area (Å²) in [5.74, 6) is -1.15. The molecule has 1 aromatic rings. The Labute approximate surface area is 134 Å². The second-order valence-electron chi connectivity index (χ2n) is 4.97. The summed E-state index contributed by atoms with van der Waals surface area (Å²) < 4.78 is 44.5. The molecule has 1 amide bonds. The number of carbonyl (C=O) groups excluding carboxylic acids is 1. The number of nitrogens with zero attached hydrogens (tertiary/aromatic N) is 1. The van der Waals surface area contributed by atoms with E-state index in [4.69, 9.17) is 4.74 Å². The van der Waals surface area contributed by atoms with Crippen molar-refractivity contribution in [2.24, 2.45) is 0 Å². The Morgan fingerprint density at radius 1 is 1.38 bits per heavy atom. The van der Waals surface area contributed by atoms with E-state index in [2.05, 4.69) is 22.6 Å². The van der Waals surface area contributed by atoms with Crippen molar-refractivity contribution in [1.29, 1.82) is 0 Å². The molecule has 7 heteroatoms. The first-order valence-corrected chi connectivity index (χ1v) is 7.67. The standard InChI is InChI=1S/C14H15F3INO2/c1-9-11(21-12-6-3-2-5-10(12)18)7-4-8-19(9)13(20)14(15,16)17/h2-3,5-6,9,11H,4,7-8H2,1H3. The third-order valence-electron chi connectivity index (χ3n) is 3.54. The number of ether oxygens (including phenoxy) is 1. The molecule has 1 heterocycles. The fraction of sp³-hybridized carbons (Fsp3) is 0.500. The number of carbonyl (C=O) groups is 1. The molecule has 3 nitrogen and oxygen atoms in total. The molecular weight excluding hydrogens is 398 g/mol. The van der Waals surface area contributed by atoms with Crippen molar-refractivity contribution in [3.8, 4) is 5.75 Å². The number of para-hydroxylation sites is 1.